The predicted octanol–water partition coefficient (Wildman–Crippen LogP) is -0.321. The van der Waals surface area contributed by atoms with E-state index in [2.05, 4.69) is 9.44 Å². The lowest BCUT2D eigenvalue weighted by Gasteiger charge is -2.36. The van der Waals surface area contributed by atoms with E-state index in [4.69, 9.17) is 11.1 Å². The molecule has 7 heteroatoms. The van der Waals surface area contributed by atoms with E-state index in [0.29, 0.717) is 12.8 Å². The molecule has 0 spiro atoms. The van der Waals surface area contributed by atoms with Crippen molar-refractivity contribution in [1.82, 2.24) is 9.44 Å². The molecule has 0 aliphatic heterocycles. The number of hydrogen-bond acceptors (Lipinski definition) is 3. The molecular weight excluding hydrogens is 216 g/mol. The molecule has 0 radical (unpaired) electrons. The molecule has 0 amide bonds. The summed E-state index contributed by atoms with van der Waals surface area (Å²) in [5.41, 5.74) is 4.62. The number of rotatable bonds is 4. The fourth-order valence-corrected chi connectivity index (χ4v) is 2.82. The molecule has 0 heterocycles. The molecule has 1 saturated carbocycles. The van der Waals surface area contributed by atoms with Crippen molar-refractivity contribution in [1.29, 1.82) is 5.41 Å². The molecule has 6 nitrogen and oxygen atoms in total. The average Bonchev–Trinajstić information content (AvgIpc) is 2.18. The molecule has 0 aromatic carbocycles. The van der Waals surface area contributed by atoms with Crippen LogP contribution in [0.2, 0.25) is 0 Å². The second kappa shape index (κ2) is 4.46. The Hall–Kier alpha value is -0.660. The lowest BCUT2D eigenvalue weighted by Crippen LogP contribution is -2.59. The lowest BCUT2D eigenvalue weighted by molar-refractivity contribution is 0.347. The minimum atomic E-state index is -3.54. The van der Waals surface area contributed by atoms with Crippen molar-refractivity contribution in [2.75, 3.05) is 7.05 Å². The number of nitrogens with two attached hydrogens (primary N) is 1. The molecule has 88 valence electrons. The second-order valence-electron chi connectivity index (χ2n) is 3.87. The van der Waals surface area contributed by atoms with Crippen LogP contribution < -0.4 is 15.2 Å². The average molecular weight is 234 g/mol. The highest BCUT2D eigenvalue weighted by Gasteiger charge is 2.38. The molecule has 0 unspecified atom stereocenters. The van der Waals surface area contributed by atoms with Gasteiger partial charge in [-0.05, 0) is 12.8 Å². The Morgan fingerprint density at radius 1 is 1.33 bits per heavy atom. The van der Waals surface area contributed by atoms with Crippen molar-refractivity contribution in [3.05, 3.63) is 0 Å². The third-order valence-electron chi connectivity index (χ3n) is 2.82. The molecule has 0 aromatic rings. The van der Waals surface area contributed by atoms with Gasteiger partial charge in [-0.1, -0.05) is 19.3 Å². The van der Waals surface area contributed by atoms with Crippen LogP contribution in [0.3, 0.4) is 0 Å². The van der Waals surface area contributed by atoms with Crippen molar-refractivity contribution >= 4 is 16.0 Å². The van der Waals surface area contributed by atoms with E-state index in [0.717, 1.165) is 19.3 Å². The Labute approximate surface area is 90.3 Å². The zero-order valence-corrected chi connectivity index (χ0v) is 9.65. The summed E-state index contributed by atoms with van der Waals surface area (Å²) in [6.45, 7) is 0. The molecule has 0 aromatic heterocycles. The van der Waals surface area contributed by atoms with Gasteiger partial charge < -0.3 is 5.73 Å². The third-order valence-corrected chi connectivity index (χ3v) is 4.02. The molecule has 15 heavy (non-hydrogen) atoms. The third kappa shape index (κ3) is 2.90. The second-order valence-corrected chi connectivity index (χ2v) is 5.49. The van der Waals surface area contributed by atoms with Gasteiger partial charge in [0.05, 0.1) is 5.54 Å². The minimum Gasteiger partial charge on any atom is -0.386 e. The summed E-state index contributed by atoms with van der Waals surface area (Å²) in [4.78, 5) is 0. The molecule has 1 fully saturated rings. The maximum Gasteiger partial charge on any atom is 0.277 e. The van der Waals surface area contributed by atoms with Crippen LogP contribution in [0, 0.1) is 5.41 Å². The standard InChI is InChI=1S/C8H18N4O2S/c1-11-15(13,14)12-8(7(9)10)5-3-2-4-6-8/h11-12H,2-6H2,1H3,(H3,9,10). The van der Waals surface area contributed by atoms with Crippen LogP contribution in [0.4, 0.5) is 0 Å². The van der Waals surface area contributed by atoms with Crippen molar-refractivity contribution in [2.45, 2.75) is 37.6 Å². The first-order valence-electron chi connectivity index (χ1n) is 4.99. The first kappa shape index (κ1) is 12.4. The Morgan fingerprint density at radius 3 is 2.27 bits per heavy atom. The minimum absolute atomic E-state index is 0.0963. The van der Waals surface area contributed by atoms with Gasteiger partial charge in [-0.25, -0.2) is 4.72 Å². The summed E-state index contributed by atoms with van der Waals surface area (Å²) in [5, 5.41) is 7.51. The lowest BCUT2D eigenvalue weighted by atomic mass is 9.82. The van der Waals surface area contributed by atoms with Gasteiger partial charge in [0.1, 0.15) is 5.84 Å². The topological polar surface area (TPSA) is 108 Å². The van der Waals surface area contributed by atoms with Crippen LogP contribution >= 0.6 is 0 Å². The zero-order valence-electron chi connectivity index (χ0n) is 8.84. The van der Waals surface area contributed by atoms with Crippen molar-refractivity contribution in [3.63, 3.8) is 0 Å². The van der Waals surface area contributed by atoms with Crippen LogP contribution in [0.15, 0.2) is 0 Å². The van der Waals surface area contributed by atoms with Crippen LogP contribution in [-0.2, 0) is 10.2 Å². The van der Waals surface area contributed by atoms with Crippen molar-refractivity contribution < 1.29 is 8.42 Å². The van der Waals surface area contributed by atoms with E-state index in [1.807, 2.05) is 0 Å². The SMILES string of the molecule is CNS(=O)(=O)NC1(C(=N)N)CCCCC1. The summed E-state index contributed by atoms with van der Waals surface area (Å²) in [6, 6.07) is 0. The zero-order chi connectivity index (χ0) is 11.5. The highest BCUT2D eigenvalue weighted by Crippen LogP contribution is 2.28. The molecule has 5 N–H and O–H groups in total. The molecule has 0 bridgehead atoms. The molecule has 0 saturated heterocycles. The van der Waals surface area contributed by atoms with E-state index in [-0.39, 0.29) is 5.84 Å². The van der Waals surface area contributed by atoms with Crippen LogP contribution in [0.5, 0.6) is 0 Å². The Morgan fingerprint density at radius 2 is 1.87 bits per heavy atom. The van der Waals surface area contributed by atoms with E-state index in [9.17, 15) is 8.42 Å². The first-order chi connectivity index (χ1) is 6.92. The molecule has 1 aliphatic rings. The summed E-state index contributed by atoms with van der Waals surface area (Å²) >= 11 is 0. The number of nitrogens with one attached hydrogen (secondary N) is 3. The highest BCUT2D eigenvalue weighted by atomic mass is 32.2. The molecular formula is C8H18N4O2S. The Bertz CT molecular complexity index is 333. The largest absolute Gasteiger partial charge is 0.386 e. The highest BCUT2D eigenvalue weighted by molar-refractivity contribution is 7.87. The van der Waals surface area contributed by atoms with E-state index in [1.165, 1.54) is 7.05 Å². The fourth-order valence-electron chi connectivity index (χ4n) is 1.89. The van der Waals surface area contributed by atoms with Crippen molar-refractivity contribution in [2.24, 2.45) is 5.73 Å². The van der Waals surface area contributed by atoms with E-state index >= 15 is 0 Å². The van der Waals surface area contributed by atoms with Gasteiger partial charge in [-0.2, -0.15) is 13.1 Å². The Kier molecular flexibility index (Phi) is 3.69. The monoisotopic (exact) mass is 234 g/mol. The molecule has 1 rings (SSSR count). The van der Waals surface area contributed by atoms with Crippen LogP contribution in [-0.4, -0.2) is 26.8 Å². The van der Waals surface area contributed by atoms with Crippen LogP contribution in [0.25, 0.3) is 0 Å². The van der Waals surface area contributed by atoms with Gasteiger partial charge in [0.25, 0.3) is 10.2 Å². The van der Waals surface area contributed by atoms with E-state index in [1.54, 1.807) is 0 Å². The summed E-state index contributed by atoms with van der Waals surface area (Å²) in [6.07, 6.45) is 4.06. The quantitative estimate of drug-likeness (QED) is 0.395. The van der Waals surface area contributed by atoms with Crippen LogP contribution in [0.1, 0.15) is 32.1 Å². The predicted molar refractivity (Wildman–Crippen MR) is 58.8 cm³/mol. The number of hydrogen-bond donors (Lipinski definition) is 4. The maximum absolute atomic E-state index is 11.4. The number of amidine groups is 1. The summed E-state index contributed by atoms with van der Waals surface area (Å²) in [5.74, 6) is -0.0963. The van der Waals surface area contributed by atoms with Gasteiger partial charge in [-0.3, -0.25) is 5.41 Å². The fraction of sp³-hybridized carbons (Fsp3) is 0.875. The van der Waals surface area contributed by atoms with Gasteiger partial charge in [0.2, 0.25) is 0 Å². The smallest absolute Gasteiger partial charge is 0.277 e. The van der Waals surface area contributed by atoms with Crippen molar-refractivity contribution in [3.8, 4) is 0 Å². The summed E-state index contributed by atoms with van der Waals surface area (Å²) in [7, 11) is -2.21. The Balaban J connectivity index is 2.87. The van der Waals surface area contributed by atoms with Gasteiger partial charge in [-0.15, -0.1) is 0 Å². The van der Waals surface area contributed by atoms with Gasteiger partial charge in [0.15, 0.2) is 0 Å². The molecule has 1 aliphatic carbocycles. The van der Waals surface area contributed by atoms with Gasteiger partial charge in [0, 0.05) is 7.05 Å². The molecule has 0 atom stereocenters. The van der Waals surface area contributed by atoms with Gasteiger partial charge >= 0.3 is 0 Å². The maximum atomic E-state index is 11.4. The normalized spacial score (nSPS) is 21.1. The summed E-state index contributed by atoms with van der Waals surface area (Å²) < 4.78 is 27.5. The first-order valence-corrected chi connectivity index (χ1v) is 6.47. The van der Waals surface area contributed by atoms with E-state index < -0.39 is 15.7 Å².